The van der Waals surface area contributed by atoms with Gasteiger partial charge in [-0.1, -0.05) is 48.5 Å². The van der Waals surface area contributed by atoms with Crippen LogP contribution in [-0.2, 0) is 14.3 Å². The molecule has 0 radical (unpaired) electrons. The van der Waals surface area contributed by atoms with Gasteiger partial charge < -0.3 is 20.5 Å². The molecule has 7 nitrogen and oxygen atoms in total. The molecule has 2 aromatic carbocycles. The summed E-state index contributed by atoms with van der Waals surface area (Å²) >= 11 is 1.58. The zero-order valence-corrected chi connectivity index (χ0v) is 18.8. The number of carboxylic acids is 1. The Labute approximate surface area is 191 Å². The molecule has 0 bridgehead atoms. The van der Waals surface area contributed by atoms with Gasteiger partial charge in [-0.3, -0.25) is 4.79 Å². The molecule has 3 N–H and O–H groups in total. The van der Waals surface area contributed by atoms with E-state index >= 15 is 0 Å². The van der Waals surface area contributed by atoms with Crippen LogP contribution in [0.3, 0.4) is 0 Å². The van der Waals surface area contributed by atoms with Crippen molar-refractivity contribution in [3.05, 3.63) is 59.7 Å². The van der Waals surface area contributed by atoms with Crippen LogP contribution < -0.4 is 10.6 Å². The number of thioether (sulfide) groups is 1. The summed E-state index contributed by atoms with van der Waals surface area (Å²) in [6.07, 6.45) is 1.04. The van der Waals surface area contributed by atoms with E-state index in [9.17, 15) is 19.5 Å². The minimum atomic E-state index is -1.08. The molecule has 0 aromatic heterocycles. The summed E-state index contributed by atoms with van der Waals surface area (Å²) in [7, 11) is 0. The smallest absolute Gasteiger partial charge is 0.407 e. The number of rotatable bonds is 11. The number of hydrogen-bond donors (Lipinski definition) is 3. The lowest BCUT2D eigenvalue weighted by molar-refractivity contribution is -0.139. The van der Waals surface area contributed by atoms with Gasteiger partial charge in [0.1, 0.15) is 12.6 Å². The Morgan fingerprint density at radius 1 is 1.03 bits per heavy atom. The van der Waals surface area contributed by atoms with Crippen LogP contribution in [0.4, 0.5) is 4.79 Å². The molecule has 1 aliphatic rings. The number of benzene rings is 2. The summed E-state index contributed by atoms with van der Waals surface area (Å²) in [4.78, 5) is 34.7. The van der Waals surface area contributed by atoms with Crippen LogP contribution in [-0.4, -0.2) is 47.4 Å². The maximum atomic E-state index is 12.3. The topological polar surface area (TPSA) is 105 Å². The highest BCUT2D eigenvalue weighted by Crippen LogP contribution is 2.44. The molecule has 8 heteroatoms. The molecule has 32 heavy (non-hydrogen) atoms. The van der Waals surface area contributed by atoms with Gasteiger partial charge in [0.15, 0.2) is 0 Å². The first-order chi connectivity index (χ1) is 15.5. The maximum Gasteiger partial charge on any atom is 0.407 e. The third kappa shape index (κ3) is 6.26. The number of carbonyl (C=O) groups is 3. The highest BCUT2D eigenvalue weighted by atomic mass is 32.2. The van der Waals surface area contributed by atoms with Crippen molar-refractivity contribution < 1.29 is 24.2 Å². The summed E-state index contributed by atoms with van der Waals surface area (Å²) in [5.41, 5.74) is 4.48. The van der Waals surface area contributed by atoms with Crippen LogP contribution in [0, 0.1) is 0 Å². The Hall–Kier alpha value is -3.00. The summed E-state index contributed by atoms with van der Waals surface area (Å²) in [5, 5.41) is 14.6. The Morgan fingerprint density at radius 3 is 2.25 bits per heavy atom. The molecule has 1 atom stereocenters. The molecule has 0 spiro atoms. The van der Waals surface area contributed by atoms with E-state index in [0.29, 0.717) is 18.7 Å². The fourth-order valence-corrected chi connectivity index (χ4v) is 4.68. The highest BCUT2D eigenvalue weighted by Gasteiger charge is 2.29. The Bertz CT molecular complexity index is 919. The molecular formula is C24H28N2O5S. The zero-order chi connectivity index (χ0) is 22.9. The maximum absolute atomic E-state index is 12.3. The third-order valence-corrected chi connectivity index (χ3v) is 6.31. The monoisotopic (exact) mass is 456 g/mol. The summed E-state index contributed by atoms with van der Waals surface area (Å²) in [6.45, 7) is 1.61. The second-order valence-electron chi connectivity index (χ2n) is 7.64. The molecule has 170 valence electrons. The van der Waals surface area contributed by atoms with Gasteiger partial charge in [0, 0.05) is 12.8 Å². The molecule has 2 aromatic rings. The van der Waals surface area contributed by atoms with Crippen LogP contribution in [0.25, 0.3) is 11.1 Å². The van der Waals surface area contributed by atoms with E-state index in [1.54, 1.807) is 11.8 Å². The number of ether oxygens (including phenoxy) is 1. The highest BCUT2D eigenvalue weighted by molar-refractivity contribution is 7.99. The lowest BCUT2D eigenvalue weighted by atomic mass is 9.98. The van der Waals surface area contributed by atoms with Gasteiger partial charge in [0.05, 0.1) is 5.88 Å². The first-order valence-corrected chi connectivity index (χ1v) is 11.8. The van der Waals surface area contributed by atoms with Crippen LogP contribution in [0.5, 0.6) is 0 Å². The number of amides is 2. The molecule has 0 unspecified atom stereocenters. The van der Waals surface area contributed by atoms with E-state index in [0.717, 1.165) is 34.4 Å². The molecule has 3 rings (SSSR count). The number of carboxylic acid groups (broad SMARTS) is 1. The first kappa shape index (κ1) is 23.7. The minimum absolute atomic E-state index is 0.0722. The predicted octanol–water partition coefficient (Wildman–Crippen LogP) is 3.98. The first-order valence-electron chi connectivity index (χ1n) is 10.6. The summed E-state index contributed by atoms with van der Waals surface area (Å²) < 4.78 is 5.44. The molecule has 0 fully saturated rings. The van der Waals surface area contributed by atoms with E-state index in [1.807, 2.05) is 36.4 Å². The standard InChI is InChI=1S/C24H28N2O5S/c1-16(27)25-15-32-13-7-6-12-22(23(28)29)26-24(30)31-14-21-19-10-4-2-8-17(19)18-9-3-5-11-20(18)21/h2-5,8-11,21-22H,6-7,12-15H2,1H3,(H,25,27)(H,26,30)(H,28,29)/t22-/m0/s1. The SMILES string of the molecule is CC(=O)NCSCCCC[C@H](NC(=O)OCC1c2ccccc2-c2ccccc21)C(=O)O. The fourth-order valence-electron chi connectivity index (χ4n) is 3.82. The van der Waals surface area contributed by atoms with Gasteiger partial charge in [-0.15, -0.1) is 11.8 Å². The second kappa shape index (κ2) is 11.6. The molecule has 0 heterocycles. The second-order valence-corrected chi connectivity index (χ2v) is 8.75. The number of hydrogen-bond acceptors (Lipinski definition) is 5. The Morgan fingerprint density at radius 2 is 1.66 bits per heavy atom. The van der Waals surface area contributed by atoms with Crippen molar-refractivity contribution in [2.24, 2.45) is 0 Å². The molecular weight excluding hydrogens is 428 g/mol. The van der Waals surface area contributed by atoms with Gasteiger partial charge in [-0.05, 0) is 47.3 Å². The van der Waals surface area contributed by atoms with E-state index in [-0.39, 0.29) is 18.4 Å². The fraction of sp³-hybridized carbons (Fsp3) is 0.375. The summed E-state index contributed by atoms with van der Waals surface area (Å²) in [6, 6.07) is 15.1. The molecule has 0 saturated carbocycles. The van der Waals surface area contributed by atoms with Crippen LogP contribution in [0.1, 0.15) is 43.2 Å². The Kier molecular flexibility index (Phi) is 8.56. The van der Waals surface area contributed by atoms with Gasteiger partial charge >= 0.3 is 12.1 Å². The lowest BCUT2D eigenvalue weighted by Crippen LogP contribution is -2.41. The van der Waals surface area contributed by atoms with Crippen molar-refractivity contribution in [3.8, 4) is 11.1 Å². The number of alkyl carbamates (subject to hydrolysis) is 1. The predicted molar refractivity (Wildman–Crippen MR) is 125 cm³/mol. The Balaban J connectivity index is 1.47. The van der Waals surface area contributed by atoms with E-state index < -0.39 is 18.1 Å². The van der Waals surface area contributed by atoms with Crippen molar-refractivity contribution in [3.63, 3.8) is 0 Å². The minimum Gasteiger partial charge on any atom is -0.480 e. The number of aliphatic carboxylic acids is 1. The number of nitrogens with one attached hydrogen (secondary N) is 2. The lowest BCUT2D eigenvalue weighted by Gasteiger charge is -2.17. The average Bonchev–Trinajstić information content (AvgIpc) is 3.09. The van der Waals surface area contributed by atoms with Crippen LogP contribution in [0.15, 0.2) is 48.5 Å². The van der Waals surface area contributed by atoms with Gasteiger partial charge in [0.25, 0.3) is 0 Å². The molecule has 0 saturated heterocycles. The normalized spacial score (nSPS) is 13.0. The van der Waals surface area contributed by atoms with Gasteiger partial charge in [0.2, 0.25) is 5.91 Å². The average molecular weight is 457 g/mol. The van der Waals surface area contributed by atoms with E-state index in [2.05, 4.69) is 22.8 Å². The van der Waals surface area contributed by atoms with Crippen molar-refractivity contribution in [1.82, 2.24) is 10.6 Å². The largest absolute Gasteiger partial charge is 0.480 e. The van der Waals surface area contributed by atoms with Crippen LogP contribution >= 0.6 is 11.8 Å². The summed E-state index contributed by atoms with van der Waals surface area (Å²) in [5.74, 6) is 0.116. The van der Waals surface area contributed by atoms with E-state index in [4.69, 9.17) is 4.74 Å². The van der Waals surface area contributed by atoms with Crippen LogP contribution in [0.2, 0.25) is 0 Å². The van der Waals surface area contributed by atoms with E-state index in [1.165, 1.54) is 6.92 Å². The van der Waals surface area contributed by atoms with Gasteiger partial charge in [-0.25, -0.2) is 9.59 Å². The number of fused-ring (bicyclic) bond motifs is 3. The number of carbonyl (C=O) groups excluding carboxylic acids is 2. The molecule has 0 aliphatic heterocycles. The van der Waals surface area contributed by atoms with Gasteiger partial charge in [-0.2, -0.15) is 0 Å². The third-order valence-electron chi connectivity index (χ3n) is 5.39. The quantitative estimate of drug-likeness (QED) is 0.349. The zero-order valence-electron chi connectivity index (χ0n) is 18.0. The molecule has 2 amide bonds. The van der Waals surface area contributed by atoms with Crippen molar-refractivity contribution in [2.75, 3.05) is 18.2 Å². The van der Waals surface area contributed by atoms with Crippen molar-refractivity contribution in [1.29, 1.82) is 0 Å². The van der Waals surface area contributed by atoms with Crippen molar-refractivity contribution in [2.45, 2.75) is 38.1 Å². The number of unbranched alkanes of at least 4 members (excludes halogenated alkanes) is 1. The molecule has 1 aliphatic carbocycles. The van der Waals surface area contributed by atoms with Crippen molar-refractivity contribution >= 4 is 29.7 Å².